The third-order valence-electron chi connectivity index (χ3n) is 3.51. The van der Waals surface area contributed by atoms with E-state index in [0.29, 0.717) is 5.02 Å². The van der Waals surface area contributed by atoms with Gasteiger partial charge in [0.1, 0.15) is 0 Å². The second-order valence-corrected chi connectivity index (χ2v) is 5.83. The Hall–Kier alpha value is -2.00. The van der Waals surface area contributed by atoms with Crippen LogP contribution >= 0.6 is 11.6 Å². The van der Waals surface area contributed by atoms with Crippen molar-refractivity contribution in [1.82, 2.24) is 4.90 Å². The lowest BCUT2D eigenvalue weighted by molar-refractivity contribution is 0.552. The average Bonchev–Trinajstić information content (AvgIpc) is 2.51. The normalized spacial score (nSPS) is 11.0. The van der Waals surface area contributed by atoms with Gasteiger partial charge in [0.2, 0.25) is 0 Å². The smallest absolute Gasteiger partial charge is 0.0909 e. The highest BCUT2D eigenvalue weighted by Gasteiger charge is 2.06. The van der Waals surface area contributed by atoms with Crippen molar-refractivity contribution in [3.8, 4) is 0 Å². The molecule has 0 aliphatic carbocycles. The zero-order valence-electron chi connectivity index (χ0n) is 13.5. The maximum Gasteiger partial charge on any atom is 0.0909 e. The van der Waals surface area contributed by atoms with Crippen LogP contribution in [0.15, 0.2) is 41.4 Å². The van der Waals surface area contributed by atoms with Crippen LogP contribution in [0.4, 0.5) is 17.1 Å². The Balaban J connectivity index is 2.22. The van der Waals surface area contributed by atoms with Gasteiger partial charge in [-0.2, -0.15) is 0 Å². The Kier molecular flexibility index (Phi) is 5.45. The van der Waals surface area contributed by atoms with E-state index in [0.717, 1.165) is 29.2 Å². The lowest BCUT2D eigenvalue weighted by Crippen LogP contribution is -2.14. The van der Waals surface area contributed by atoms with Gasteiger partial charge in [0.15, 0.2) is 0 Å². The summed E-state index contributed by atoms with van der Waals surface area (Å²) in [5.74, 6) is 0. The van der Waals surface area contributed by atoms with Crippen LogP contribution in [0, 0.1) is 13.8 Å². The van der Waals surface area contributed by atoms with E-state index in [1.54, 1.807) is 0 Å². The van der Waals surface area contributed by atoms with Crippen LogP contribution in [0.2, 0.25) is 5.02 Å². The Morgan fingerprint density at radius 2 is 1.86 bits per heavy atom. The van der Waals surface area contributed by atoms with Crippen molar-refractivity contribution in [1.29, 1.82) is 0 Å². The molecule has 0 saturated carbocycles. The van der Waals surface area contributed by atoms with Gasteiger partial charge in [0.25, 0.3) is 0 Å². The van der Waals surface area contributed by atoms with Crippen molar-refractivity contribution in [2.75, 3.05) is 18.9 Å². The van der Waals surface area contributed by atoms with Gasteiger partial charge in [-0.25, -0.2) is 4.99 Å². The fourth-order valence-electron chi connectivity index (χ4n) is 1.94. The van der Waals surface area contributed by atoms with Crippen molar-refractivity contribution < 1.29 is 0 Å². The minimum atomic E-state index is 0.664. The Morgan fingerprint density at radius 1 is 1.18 bits per heavy atom. The van der Waals surface area contributed by atoms with Crippen LogP contribution in [0.3, 0.4) is 0 Å². The molecule has 0 bridgehead atoms. The van der Waals surface area contributed by atoms with Crippen LogP contribution in [0.1, 0.15) is 18.1 Å². The molecule has 0 spiro atoms. The lowest BCUT2D eigenvalue weighted by atomic mass is 10.1. The van der Waals surface area contributed by atoms with E-state index in [9.17, 15) is 0 Å². The number of nitrogens with zero attached hydrogens (tertiary/aromatic N) is 2. The number of hydrogen-bond donors (Lipinski definition) is 1. The van der Waals surface area contributed by atoms with Gasteiger partial charge in [-0.1, -0.05) is 29.3 Å². The van der Waals surface area contributed by atoms with E-state index < -0.39 is 0 Å². The molecule has 0 aromatic heterocycles. The highest BCUT2D eigenvalue weighted by molar-refractivity contribution is 6.33. The van der Waals surface area contributed by atoms with Gasteiger partial charge < -0.3 is 10.2 Å². The van der Waals surface area contributed by atoms with E-state index in [-0.39, 0.29) is 0 Å². The predicted octanol–water partition coefficient (Wildman–Crippen LogP) is 5.31. The van der Waals surface area contributed by atoms with Gasteiger partial charge in [-0.05, 0) is 50.6 Å². The third kappa shape index (κ3) is 4.25. The molecule has 2 rings (SSSR count). The molecule has 0 aliphatic rings. The Morgan fingerprint density at radius 3 is 2.50 bits per heavy atom. The summed E-state index contributed by atoms with van der Waals surface area (Å²) in [6.07, 6.45) is 1.83. The summed E-state index contributed by atoms with van der Waals surface area (Å²) in [7, 11) is 1.99. The molecule has 2 aromatic rings. The molecule has 0 saturated heterocycles. The largest absolute Gasteiger partial charge is 0.366 e. The second-order valence-electron chi connectivity index (χ2n) is 5.43. The average molecular weight is 316 g/mol. The molecule has 0 amide bonds. The maximum absolute atomic E-state index is 6.38. The van der Waals surface area contributed by atoms with Crippen molar-refractivity contribution in [3.05, 3.63) is 52.5 Å². The number of rotatable bonds is 5. The van der Waals surface area contributed by atoms with E-state index >= 15 is 0 Å². The first-order valence-corrected chi connectivity index (χ1v) is 7.75. The summed E-state index contributed by atoms with van der Waals surface area (Å²) in [6, 6.07) is 12.2. The van der Waals surface area contributed by atoms with Crippen LogP contribution in [0.25, 0.3) is 0 Å². The monoisotopic (exact) mass is 315 g/mol. The number of hydrogen-bond acceptors (Lipinski definition) is 2. The topological polar surface area (TPSA) is 27.6 Å². The molecule has 116 valence electrons. The number of halogens is 1. The standard InChI is InChI=1S/C18H22ClN3/c1-5-22(4)12-20-17-11-16(19)18(10-14(17)3)21-15-8-6-13(2)7-9-15/h6-12,21H,5H2,1-4H3. The minimum absolute atomic E-state index is 0.664. The lowest BCUT2D eigenvalue weighted by Gasteiger charge is -2.12. The molecular weight excluding hydrogens is 294 g/mol. The highest BCUT2D eigenvalue weighted by Crippen LogP contribution is 2.32. The second kappa shape index (κ2) is 7.32. The summed E-state index contributed by atoms with van der Waals surface area (Å²) >= 11 is 6.38. The first-order chi connectivity index (χ1) is 10.5. The predicted molar refractivity (Wildman–Crippen MR) is 97.1 cm³/mol. The molecule has 0 heterocycles. The van der Waals surface area contributed by atoms with E-state index in [2.05, 4.69) is 36.3 Å². The number of benzene rings is 2. The quantitative estimate of drug-likeness (QED) is 0.598. The molecule has 0 fully saturated rings. The van der Waals surface area contributed by atoms with Gasteiger partial charge in [-0.15, -0.1) is 0 Å². The van der Waals surface area contributed by atoms with E-state index in [1.807, 2.05) is 49.5 Å². The van der Waals surface area contributed by atoms with Gasteiger partial charge in [0, 0.05) is 19.3 Å². The molecule has 4 heteroatoms. The van der Waals surface area contributed by atoms with E-state index in [4.69, 9.17) is 11.6 Å². The molecule has 1 N–H and O–H groups in total. The van der Waals surface area contributed by atoms with Crippen molar-refractivity contribution >= 4 is 35.0 Å². The molecule has 0 aliphatic heterocycles. The SMILES string of the molecule is CCN(C)C=Nc1cc(Cl)c(Nc2ccc(C)cc2)cc1C. The fraction of sp³-hybridized carbons (Fsp3) is 0.278. The number of aliphatic imine (C=N–C) groups is 1. The summed E-state index contributed by atoms with van der Waals surface area (Å²) < 4.78 is 0. The highest BCUT2D eigenvalue weighted by atomic mass is 35.5. The van der Waals surface area contributed by atoms with Crippen molar-refractivity contribution in [2.45, 2.75) is 20.8 Å². The molecule has 0 atom stereocenters. The summed E-state index contributed by atoms with van der Waals surface area (Å²) in [5.41, 5.74) is 5.12. The first kappa shape index (κ1) is 16.4. The molecule has 22 heavy (non-hydrogen) atoms. The molecule has 2 aromatic carbocycles. The number of aryl methyl sites for hydroxylation is 2. The number of anilines is 2. The molecule has 0 radical (unpaired) electrons. The number of nitrogens with one attached hydrogen (secondary N) is 1. The first-order valence-electron chi connectivity index (χ1n) is 7.38. The minimum Gasteiger partial charge on any atom is -0.366 e. The van der Waals surface area contributed by atoms with Gasteiger partial charge >= 0.3 is 0 Å². The van der Waals surface area contributed by atoms with Gasteiger partial charge in [-0.3, -0.25) is 0 Å². The summed E-state index contributed by atoms with van der Waals surface area (Å²) in [4.78, 5) is 6.51. The van der Waals surface area contributed by atoms with Crippen LogP contribution in [-0.2, 0) is 0 Å². The van der Waals surface area contributed by atoms with Gasteiger partial charge in [0.05, 0.1) is 22.7 Å². The van der Waals surface area contributed by atoms with Crippen LogP contribution in [-0.4, -0.2) is 24.8 Å². The fourth-order valence-corrected chi connectivity index (χ4v) is 2.15. The van der Waals surface area contributed by atoms with E-state index in [1.165, 1.54) is 5.56 Å². The van der Waals surface area contributed by atoms with Crippen molar-refractivity contribution in [3.63, 3.8) is 0 Å². The zero-order chi connectivity index (χ0) is 16.1. The molecule has 0 unspecified atom stereocenters. The maximum atomic E-state index is 6.38. The Bertz CT molecular complexity index is 663. The van der Waals surface area contributed by atoms with Crippen LogP contribution < -0.4 is 5.32 Å². The van der Waals surface area contributed by atoms with Crippen molar-refractivity contribution in [2.24, 2.45) is 4.99 Å². The zero-order valence-corrected chi connectivity index (χ0v) is 14.3. The summed E-state index contributed by atoms with van der Waals surface area (Å²) in [5, 5.41) is 4.01. The van der Waals surface area contributed by atoms with Crippen LogP contribution in [0.5, 0.6) is 0 Å². The molecular formula is C18H22ClN3. The Labute approximate surface area is 137 Å². The molecule has 3 nitrogen and oxygen atoms in total. The summed E-state index contributed by atoms with van der Waals surface area (Å²) in [6.45, 7) is 7.11. The third-order valence-corrected chi connectivity index (χ3v) is 3.82.